The smallest absolute Gasteiger partial charge is 0.353 e. The van der Waals surface area contributed by atoms with Gasteiger partial charge in [0.05, 0.1) is 24.5 Å². The van der Waals surface area contributed by atoms with Crippen molar-refractivity contribution in [3.63, 3.8) is 0 Å². The fraction of sp³-hybridized carbons (Fsp3) is 0.389. The number of thioether (sulfide) groups is 1. The van der Waals surface area contributed by atoms with Gasteiger partial charge in [0.15, 0.2) is 11.6 Å². The van der Waals surface area contributed by atoms with Crippen molar-refractivity contribution in [1.29, 1.82) is 0 Å². The van der Waals surface area contributed by atoms with E-state index < -0.39 is 11.8 Å². The van der Waals surface area contributed by atoms with Crippen LogP contribution in [0.25, 0.3) is 11.9 Å². The first-order chi connectivity index (χ1) is 14.0. The molecule has 11 heteroatoms. The number of carbonyl (C=O) groups is 2. The predicted octanol–water partition coefficient (Wildman–Crippen LogP) is 0.581. The average Bonchev–Trinajstić information content (AvgIpc) is 3.42. The molecule has 1 aliphatic carbocycles. The van der Waals surface area contributed by atoms with E-state index in [1.54, 1.807) is 16.8 Å². The van der Waals surface area contributed by atoms with Crippen LogP contribution in [0.1, 0.15) is 23.5 Å². The minimum absolute atomic E-state index is 0.00567. The normalized spacial score (nSPS) is 26.0. The van der Waals surface area contributed by atoms with Gasteiger partial charge in [-0.25, -0.2) is 14.3 Å². The molecule has 0 aromatic carbocycles. The molecular formula is C18H15N5O5S. The monoisotopic (exact) mass is 413 g/mol. The Morgan fingerprint density at radius 2 is 2.21 bits per heavy atom. The van der Waals surface area contributed by atoms with Gasteiger partial charge in [-0.1, -0.05) is 0 Å². The molecular weight excluding hydrogens is 398 g/mol. The highest BCUT2D eigenvalue weighted by atomic mass is 32.2. The lowest BCUT2D eigenvalue weighted by Gasteiger charge is -2.36. The number of hydrogen-bond acceptors (Lipinski definition) is 8. The third-order valence-corrected chi connectivity index (χ3v) is 6.70. The number of carboxylic acid groups (broad SMARTS) is 1. The van der Waals surface area contributed by atoms with Crippen molar-refractivity contribution in [1.82, 2.24) is 24.5 Å². The Labute approximate surface area is 168 Å². The maximum absolute atomic E-state index is 12.4. The van der Waals surface area contributed by atoms with E-state index in [-0.39, 0.29) is 17.0 Å². The van der Waals surface area contributed by atoms with Crippen LogP contribution in [-0.2, 0) is 31.9 Å². The number of carboxylic acids is 1. The van der Waals surface area contributed by atoms with Gasteiger partial charge in [-0.2, -0.15) is 4.98 Å². The molecule has 4 aliphatic rings. The highest BCUT2D eigenvalue weighted by Gasteiger charge is 2.49. The van der Waals surface area contributed by atoms with Gasteiger partial charge < -0.3 is 14.6 Å². The van der Waals surface area contributed by atoms with E-state index in [1.807, 2.05) is 0 Å². The van der Waals surface area contributed by atoms with Crippen LogP contribution < -0.4 is 0 Å². The third kappa shape index (κ3) is 2.41. The molecule has 0 saturated carbocycles. The number of nitrogens with zero attached hydrogens (tertiary/aromatic N) is 5. The molecule has 1 atom stereocenters. The summed E-state index contributed by atoms with van der Waals surface area (Å²) in [6, 6.07) is 0. The van der Waals surface area contributed by atoms with Gasteiger partial charge >= 0.3 is 5.97 Å². The molecule has 1 spiro atoms. The van der Waals surface area contributed by atoms with Gasteiger partial charge in [0, 0.05) is 24.4 Å². The summed E-state index contributed by atoms with van der Waals surface area (Å²) < 4.78 is 13.3. The maximum Gasteiger partial charge on any atom is 0.353 e. The molecule has 1 amide bonds. The molecule has 10 nitrogen and oxygen atoms in total. The molecule has 2 aromatic heterocycles. The highest BCUT2D eigenvalue weighted by Crippen LogP contribution is 2.45. The molecule has 0 bridgehead atoms. The van der Waals surface area contributed by atoms with E-state index in [2.05, 4.69) is 15.1 Å². The van der Waals surface area contributed by atoms with Crippen LogP contribution in [0.4, 0.5) is 0 Å². The van der Waals surface area contributed by atoms with Crippen molar-refractivity contribution in [3.8, 4) is 0 Å². The van der Waals surface area contributed by atoms with Crippen LogP contribution in [0.3, 0.4) is 0 Å². The number of fused-ring (bicyclic) bond motifs is 4. The van der Waals surface area contributed by atoms with Crippen LogP contribution in [-0.4, -0.2) is 65.8 Å². The van der Waals surface area contributed by atoms with E-state index in [0.29, 0.717) is 36.8 Å². The van der Waals surface area contributed by atoms with Crippen LogP contribution in [0.15, 0.2) is 22.9 Å². The summed E-state index contributed by atoms with van der Waals surface area (Å²) in [6.45, 7) is 1.21. The summed E-state index contributed by atoms with van der Waals surface area (Å²) in [7, 11) is 0. The van der Waals surface area contributed by atoms with Crippen molar-refractivity contribution >= 4 is 35.5 Å². The van der Waals surface area contributed by atoms with Crippen molar-refractivity contribution in [2.24, 2.45) is 0 Å². The quantitative estimate of drug-likeness (QED) is 0.557. The molecule has 29 heavy (non-hydrogen) atoms. The number of ether oxygens (including phenoxy) is 2. The topological polar surface area (TPSA) is 119 Å². The molecule has 2 saturated heterocycles. The van der Waals surface area contributed by atoms with Crippen LogP contribution in [0.5, 0.6) is 0 Å². The van der Waals surface area contributed by atoms with Gasteiger partial charge in [-0.3, -0.25) is 9.69 Å². The van der Waals surface area contributed by atoms with E-state index in [4.69, 9.17) is 14.6 Å². The summed E-state index contributed by atoms with van der Waals surface area (Å²) in [5, 5.41) is 14.9. The second kappa shape index (κ2) is 5.88. The minimum atomic E-state index is -1.11. The largest absolute Gasteiger partial charge is 0.477 e. The van der Waals surface area contributed by atoms with Crippen molar-refractivity contribution in [2.45, 2.75) is 30.4 Å². The summed E-state index contributed by atoms with van der Waals surface area (Å²) >= 11 is 1.29. The van der Waals surface area contributed by atoms with Crippen LogP contribution in [0, 0.1) is 0 Å². The average molecular weight is 413 g/mol. The summed E-state index contributed by atoms with van der Waals surface area (Å²) in [4.78, 5) is 33.7. The van der Waals surface area contributed by atoms with Crippen molar-refractivity contribution in [2.75, 3.05) is 13.2 Å². The number of rotatable bonds is 2. The first-order valence-corrected chi connectivity index (χ1v) is 10.1. The number of hydrogen-bond donors (Lipinski definition) is 1. The number of aryl methyl sites for hydroxylation is 1. The Morgan fingerprint density at radius 3 is 3.00 bits per heavy atom. The summed E-state index contributed by atoms with van der Waals surface area (Å²) in [6.07, 6.45) is 5.49. The number of amides is 1. The van der Waals surface area contributed by atoms with Gasteiger partial charge in [0.2, 0.25) is 0 Å². The molecule has 1 unspecified atom stereocenters. The first kappa shape index (κ1) is 17.1. The van der Waals surface area contributed by atoms with Gasteiger partial charge in [-0.05, 0) is 18.1 Å². The van der Waals surface area contributed by atoms with Gasteiger partial charge in [0.1, 0.15) is 11.1 Å². The lowest BCUT2D eigenvalue weighted by molar-refractivity contribution is -0.164. The number of β-lactam (4-membered cyclic amide) rings is 1. The first-order valence-electron chi connectivity index (χ1n) is 9.20. The zero-order valence-corrected chi connectivity index (χ0v) is 15.9. The fourth-order valence-electron chi connectivity index (χ4n) is 4.24. The zero-order chi connectivity index (χ0) is 19.8. The van der Waals surface area contributed by atoms with E-state index >= 15 is 0 Å². The summed E-state index contributed by atoms with van der Waals surface area (Å²) in [5.41, 5.74) is 2.52. The van der Waals surface area contributed by atoms with Crippen molar-refractivity contribution in [3.05, 3.63) is 40.0 Å². The molecule has 1 N–H and O–H groups in total. The zero-order valence-electron chi connectivity index (χ0n) is 15.1. The second-order valence-electron chi connectivity index (χ2n) is 7.27. The van der Waals surface area contributed by atoms with Crippen molar-refractivity contribution < 1.29 is 24.2 Å². The number of aromatic nitrogens is 4. The fourth-order valence-corrected chi connectivity index (χ4v) is 5.36. The maximum atomic E-state index is 12.4. The predicted molar refractivity (Wildman–Crippen MR) is 99.4 cm³/mol. The number of carbonyl (C=O) groups excluding carboxylic acids is 1. The SMILES string of the molecule is O=C(O)C1=CSC2C(=Cc3nc4ncc5c(n4n3)CCC3(C5)OCCO3)C(=O)N12. The van der Waals surface area contributed by atoms with Gasteiger partial charge in [0.25, 0.3) is 11.7 Å². The number of aliphatic carboxylic acids is 1. The summed E-state index contributed by atoms with van der Waals surface area (Å²) in [5.74, 6) is -1.15. The lowest BCUT2D eigenvalue weighted by Crippen LogP contribution is -2.51. The van der Waals surface area contributed by atoms with E-state index in [1.165, 1.54) is 22.1 Å². The third-order valence-electron chi connectivity index (χ3n) is 5.62. The minimum Gasteiger partial charge on any atom is -0.477 e. The van der Waals surface area contributed by atoms with Gasteiger partial charge in [-0.15, -0.1) is 16.9 Å². The molecule has 2 aromatic rings. The lowest BCUT2D eigenvalue weighted by atomic mass is 9.91. The second-order valence-corrected chi connectivity index (χ2v) is 8.22. The Bertz CT molecular complexity index is 1150. The standard InChI is InChI=1S/C18H15N5O5S/c24-14-10(15-22(14)12(8-29-15)16(25)26)5-13-20-17-19-7-9-6-18(27-3-4-28-18)2-1-11(9)23(17)21-13/h5,7-8,15H,1-4,6H2,(H,25,26). The molecule has 6 rings (SSSR count). The Hall–Kier alpha value is -2.76. The molecule has 148 valence electrons. The van der Waals surface area contributed by atoms with E-state index in [9.17, 15) is 9.59 Å². The highest BCUT2D eigenvalue weighted by molar-refractivity contribution is 8.03. The molecule has 5 heterocycles. The van der Waals surface area contributed by atoms with Crippen LogP contribution >= 0.6 is 11.8 Å². The Balaban J connectivity index is 1.32. The molecule has 3 aliphatic heterocycles. The molecule has 2 fully saturated rings. The van der Waals surface area contributed by atoms with E-state index in [0.717, 1.165) is 24.1 Å². The Kier molecular flexibility index (Phi) is 3.47. The molecule has 0 radical (unpaired) electrons. The Morgan fingerprint density at radius 1 is 1.38 bits per heavy atom. The van der Waals surface area contributed by atoms with Crippen LogP contribution in [0.2, 0.25) is 0 Å².